The van der Waals surface area contributed by atoms with Gasteiger partial charge in [0.1, 0.15) is 12.4 Å². The quantitative estimate of drug-likeness (QED) is 0.807. The van der Waals surface area contributed by atoms with Crippen molar-refractivity contribution in [3.05, 3.63) is 28.8 Å². The molecule has 130 valence electrons. The highest BCUT2D eigenvalue weighted by Crippen LogP contribution is 2.27. The van der Waals surface area contributed by atoms with Gasteiger partial charge in [0.15, 0.2) is 0 Å². The Labute approximate surface area is 145 Å². The Morgan fingerprint density at radius 3 is 3.04 bits per heavy atom. The lowest BCUT2D eigenvalue weighted by Gasteiger charge is -2.35. The van der Waals surface area contributed by atoms with E-state index >= 15 is 0 Å². The fourth-order valence-electron chi connectivity index (χ4n) is 2.90. The van der Waals surface area contributed by atoms with E-state index in [1.807, 2.05) is 0 Å². The number of nitrogens with zero attached hydrogens (tertiary/aromatic N) is 2. The third kappa shape index (κ3) is 3.42. The maximum atomic E-state index is 12.9. The molecule has 2 heterocycles. The molecule has 2 amide bonds. The van der Waals surface area contributed by atoms with Crippen molar-refractivity contribution < 1.29 is 19.1 Å². The van der Waals surface area contributed by atoms with Gasteiger partial charge >= 0.3 is 6.09 Å². The predicted octanol–water partition coefficient (Wildman–Crippen LogP) is 1.34. The minimum absolute atomic E-state index is 0.0795. The maximum absolute atomic E-state index is 12.9. The molecule has 0 aromatic heterocycles. The van der Waals surface area contributed by atoms with E-state index in [0.717, 1.165) is 0 Å². The molecule has 0 radical (unpaired) electrons. The molecule has 2 fully saturated rings. The number of hydrogen-bond donors (Lipinski definition) is 1. The van der Waals surface area contributed by atoms with Crippen LogP contribution in [0.5, 0.6) is 5.75 Å². The van der Waals surface area contributed by atoms with Gasteiger partial charge in [-0.05, 0) is 31.2 Å². The van der Waals surface area contributed by atoms with Crippen LogP contribution in [0.1, 0.15) is 16.8 Å². The van der Waals surface area contributed by atoms with Crippen LogP contribution in [-0.2, 0) is 4.74 Å². The molecule has 0 bridgehead atoms. The monoisotopic (exact) mass is 353 g/mol. The second kappa shape index (κ2) is 7.27. The molecule has 1 aromatic rings. The van der Waals surface area contributed by atoms with Crippen molar-refractivity contribution in [3.63, 3.8) is 0 Å². The predicted molar refractivity (Wildman–Crippen MR) is 88.4 cm³/mol. The Bertz CT molecular complexity index is 640. The Balaban J connectivity index is 1.73. The molecule has 8 heteroatoms. The zero-order chi connectivity index (χ0) is 17.1. The molecule has 0 unspecified atom stereocenters. The molecule has 3 rings (SSSR count). The number of nitrogens with two attached hydrogens (primary N) is 1. The molecule has 0 aliphatic carbocycles. The van der Waals surface area contributed by atoms with Crippen LogP contribution in [0.25, 0.3) is 0 Å². The Morgan fingerprint density at radius 1 is 1.42 bits per heavy atom. The molecule has 2 aliphatic heterocycles. The Morgan fingerprint density at radius 2 is 2.25 bits per heavy atom. The summed E-state index contributed by atoms with van der Waals surface area (Å²) >= 11 is 6.02. The Hall–Kier alpha value is -1.99. The number of amides is 2. The van der Waals surface area contributed by atoms with E-state index < -0.39 is 0 Å². The van der Waals surface area contributed by atoms with Gasteiger partial charge < -0.3 is 20.1 Å². The number of carbonyl (C=O) groups is 2. The van der Waals surface area contributed by atoms with Crippen molar-refractivity contribution in [2.24, 2.45) is 5.73 Å². The van der Waals surface area contributed by atoms with E-state index in [1.165, 1.54) is 0 Å². The number of halogens is 1. The summed E-state index contributed by atoms with van der Waals surface area (Å²) in [5.41, 5.74) is 5.94. The van der Waals surface area contributed by atoms with Crippen molar-refractivity contribution in [3.8, 4) is 5.75 Å². The first-order valence-electron chi connectivity index (χ1n) is 7.95. The van der Waals surface area contributed by atoms with Gasteiger partial charge in [-0.3, -0.25) is 9.69 Å². The number of benzene rings is 1. The number of fused-ring (bicyclic) bond motifs is 1. The lowest BCUT2D eigenvalue weighted by molar-refractivity contribution is 0.0613. The van der Waals surface area contributed by atoms with Gasteiger partial charge in [0.05, 0.1) is 18.2 Å². The minimum atomic E-state index is -0.301. The SMILES string of the molecule is NCCCOc1cc(Cl)ccc1C(=O)N1CCN2C(=O)OC[C@@H]2C1. The van der Waals surface area contributed by atoms with Crippen LogP contribution in [0.4, 0.5) is 4.79 Å². The second-order valence-electron chi connectivity index (χ2n) is 5.81. The van der Waals surface area contributed by atoms with Crippen LogP contribution < -0.4 is 10.5 Å². The molecule has 0 saturated carbocycles. The van der Waals surface area contributed by atoms with E-state index in [0.29, 0.717) is 62.1 Å². The summed E-state index contributed by atoms with van der Waals surface area (Å²) in [6.45, 7) is 2.66. The summed E-state index contributed by atoms with van der Waals surface area (Å²) in [5, 5.41) is 0.508. The molecule has 1 atom stereocenters. The van der Waals surface area contributed by atoms with E-state index in [-0.39, 0.29) is 18.0 Å². The molecular formula is C16H20ClN3O4. The minimum Gasteiger partial charge on any atom is -0.493 e. The second-order valence-corrected chi connectivity index (χ2v) is 6.24. The molecule has 2 aliphatic rings. The molecule has 2 saturated heterocycles. The van der Waals surface area contributed by atoms with Crippen molar-refractivity contribution in [1.29, 1.82) is 0 Å². The van der Waals surface area contributed by atoms with Crippen LogP contribution >= 0.6 is 11.6 Å². The number of cyclic esters (lactones) is 1. The van der Waals surface area contributed by atoms with E-state index in [9.17, 15) is 9.59 Å². The smallest absolute Gasteiger partial charge is 0.410 e. The van der Waals surface area contributed by atoms with Gasteiger partial charge in [0, 0.05) is 24.7 Å². The highest BCUT2D eigenvalue weighted by molar-refractivity contribution is 6.30. The summed E-state index contributed by atoms with van der Waals surface area (Å²) in [4.78, 5) is 27.8. The largest absolute Gasteiger partial charge is 0.493 e. The summed E-state index contributed by atoms with van der Waals surface area (Å²) in [7, 11) is 0. The van der Waals surface area contributed by atoms with Crippen LogP contribution in [-0.4, -0.2) is 67.2 Å². The van der Waals surface area contributed by atoms with Gasteiger partial charge in [-0.25, -0.2) is 4.79 Å². The summed E-state index contributed by atoms with van der Waals surface area (Å²) < 4.78 is 10.7. The number of rotatable bonds is 5. The molecule has 7 nitrogen and oxygen atoms in total. The van der Waals surface area contributed by atoms with E-state index in [4.69, 9.17) is 26.8 Å². The van der Waals surface area contributed by atoms with Crippen molar-refractivity contribution in [2.45, 2.75) is 12.5 Å². The number of hydrogen-bond acceptors (Lipinski definition) is 5. The third-order valence-corrected chi connectivity index (χ3v) is 4.42. The van der Waals surface area contributed by atoms with Gasteiger partial charge in [-0.15, -0.1) is 0 Å². The third-order valence-electron chi connectivity index (χ3n) is 4.18. The van der Waals surface area contributed by atoms with E-state index in [2.05, 4.69) is 0 Å². The number of carbonyl (C=O) groups excluding carboxylic acids is 2. The summed E-state index contributed by atoms with van der Waals surface area (Å²) in [6, 6.07) is 4.90. The van der Waals surface area contributed by atoms with Gasteiger partial charge in [-0.2, -0.15) is 0 Å². The summed E-state index contributed by atoms with van der Waals surface area (Å²) in [5.74, 6) is 0.329. The first kappa shape index (κ1) is 16.9. The van der Waals surface area contributed by atoms with Crippen molar-refractivity contribution in [1.82, 2.24) is 9.80 Å². The van der Waals surface area contributed by atoms with Crippen molar-refractivity contribution >= 4 is 23.6 Å². The molecule has 0 spiro atoms. The number of ether oxygens (including phenoxy) is 2. The lowest BCUT2D eigenvalue weighted by Crippen LogP contribution is -2.53. The van der Waals surface area contributed by atoms with Crippen LogP contribution in [0, 0.1) is 0 Å². The average Bonchev–Trinajstić information content (AvgIpc) is 2.95. The van der Waals surface area contributed by atoms with Gasteiger partial charge in [-0.1, -0.05) is 11.6 Å². The highest BCUT2D eigenvalue weighted by atomic mass is 35.5. The molecule has 1 aromatic carbocycles. The normalized spacial score (nSPS) is 19.9. The van der Waals surface area contributed by atoms with Crippen LogP contribution in [0.3, 0.4) is 0 Å². The maximum Gasteiger partial charge on any atom is 0.410 e. The lowest BCUT2D eigenvalue weighted by atomic mass is 10.1. The van der Waals surface area contributed by atoms with Gasteiger partial charge in [0.25, 0.3) is 5.91 Å². The zero-order valence-corrected chi connectivity index (χ0v) is 14.0. The van der Waals surface area contributed by atoms with Crippen LogP contribution in [0.2, 0.25) is 5.02 Å². The average molecular weight is 354 g/mol. The highest BCUT2D eigenvalue weighted by Gasteiger charge is 2.39. The first-order chi connectivity index (χ1) is 11.6. The fraction of sp³-hybridized carbons (Fsp3) is 0.500. The van der Waals surface area contributed by atoms with Crippen LogP contribution in [0.15, 0.2) is 18.2 Å². The van der Waals surface area contributed by atoms with Crippen molar-refractivity contribution in [2.75, 3.05) is 39.4 Å². The molecule has 2 N–H and O–H groups in total. The summed E-state index contributed by atoms with van der Waals surface area (Å²) in [6.07, 6.45) is 0.393. The first-order valence-corrected chi connectivity index (χ1v) is 8.33. The fourth-order valence-corrected chi connectivity index (χ4v) is 3.06. The van der Waals surface area contributed by atoms with Gasteiger partial charge in [0.2, 0.25) is 0 Å². The standard InChI is InChI=1S/C16H20ClN3O4/c17-11-2-3-13(14(8-11)23-7-1-4-18)15(21)19-5-6-20-12(9-19)10-24-16(20)22/h2-3,8,12H,1,4-7,9-10,18H2/t12-/m0/s1. The number of piperazine rings is 1. The molecular weight excluding hydrogens is 334 g/mol. The zero-order valence-electron chi connectivity index (χ0n) is 13.2. The topological polar surface area (TPSA) is 85.1 Å². The van der Waals surface area contributed by atoms with E-state index in [1.54, 1.807) is 28.0 Å². The molecule has 24 heavy (non-hydrogen) atoms. The Kier molecular flexibility index (Phi) is 5.11.